The van der Waals surface area contributed by atoms with E-state index in [4.69, 9.17) is 10.5 Å². The third-order valence-corrected chi connectivity index (χ3v) is 5.49. The summed E-state index contributed by atoms with van der Waals surface area (Å²) in [5, 5.41) is 7.89. The standard InChI is InChI=1S/C22H23N7O/c1-30-19-9-5-3-7-16(19)14-28-10-11-29(13-15-6-2-4-8-18(15)28)21-17-12-24-27-20(17)25-22(23)26-21/h2-9,12H,10-11,13-14H2,1H3,(H3,23,24,25,26,27). The molecule has 152 valence electrons. The molecule has 0 spiro atoms. The summed E-state index contributed by atoms with van der Waals surface area (Å²) in [6.07, 6.45) is 1.76. The number of rotatable bonds is 4. The van der Waals surface area contributed by atoms with Crippen LogP contribution in [0.15, 0.2) is 54.7 Å². The molecule has 2 aromatic carbocycles. The zero-order valence-corrected chi connectivity index (χ0v) is 16.7. The third kappa shape index (κ3) is 3.26. The topological polar surface area (TPSA) is 96.2 Å². The number of nitrogens with two attached hydrogens (primary N) is 1. The summed E-state index contributed by atoms with van der Waals surface area (Å²) in [6.45, 7) is 3.12. The number of para-hydroxylation sites is 2. The minimum absolute atomic E-state index is 0.241. The summed E-state index contributed by atoms with van der Waals surface area (Å²) in [6, 6.07) is 16.7. The fraction of sp³-hybridized carbons (Fsp3) is 0.227. The van der Waals surface area contributed by atoms with Crippen molar-refractivity contribution >= 4 is 28.5 Å². The van der Waals surface area contributed by atoms with Crippen LogP contribution in [0, 0.1) is 0 Å². The maximum Gasteiger partial charge on any atom is 0.224 e. The van der Waals surface area contributed by atoms with Gasteiger partial charge in [0.1, 0.15) is 11.6 Å². The molecule has 5 rings (SSSR count). The lowest BCUT2D eigenvalue weighted by atomic mass is 10.1. The molecule has 0 bridgehead atoms. The molecular weight excluding hydrogens is 378 g/mol. The minimum atomic E-state index is 0.241. The largest absolute Gasteiger partial charge is 0.496 e. The normalized spacial score (nSPS) is 13.9. The van der Waals surface area contributed by atoms with Crippen LogP contribution in [-0.4, -0.2) is 40.4 Å². The van der Waals surface area contributed by atoms with Crippen molar-refractivity contribution < 1.29 is 4.74 Å². The molecule has 0 saturated carbocycles. The molecule has 3 heterocycles. The molecular formula is C22H23N7O. The Labute approximate surface area is 174 Å². The van der Waals surface area contributed by atoms with Gasteiger partial charge in [0.15, 0.2) is 5.65 Å². The number of nitrogens with zero attached hydrogens (tertiary/aromatic N) is 5. The van der Waals surface area contributed by atoms with Gasteiger partial charge in [-0.15, -0.1) is 0 Å². The predicted octanol–water partition coefficient (Wildman–Crippen LogP) is 2.97. The van der Waals surface area contributed by atoms with Gasteiger partial charge >= 0.3 is 0 Å². The number of aromatic nitrogens is 4. The fourth-order valence-electron chi connectivity index (χ4n) is 4.06. The minimum Gasteiger partial charge on any atom is -0.496 e. The van der Waals surface area contributed by atoms with Gasteiger partial charge in [0, 0.05) is 37.4 Å². The Balaban J connectivity index is 1.52. The second-order valence-electron chi connectivity index (χ2n) is 7.32. The lowest BCUT2D eigenvalue weighted by Gasteiger charge is -2.26. The van der Waals surface area contributed by atoms with Crippen molar-refractivity contribution in [1.29, 1.82) is 0 Å². The molecule has 0 unspecified atom stereocenters. The van der Waals surface area contributed by atoms with Crippen LogP contribution in [0.25, 0.3) is 11.0 Å². The van der Waals surface area contributed by atoms with Crippen molar-refractivity contribution in [2.24, 2.45) is 0 Å². The molecule has 0 amide bonds. The first-order chi connectivity index (χ1) is 14.7. The first-order valence-electron chi connectivity index (χ1n) is 9.89. The second kappa shape index (κ2) is 7.55. The Morgan fingerprint density at radius 3 is 2.80 bits per heavy atom. The Morgan fingerprint density at radius 2 is 1.90 bits per heavy atom. The molecule has 3 N–H and O–H groups in total. The van der Waals surface area contributed by atoms with Crippen molar-refractivity contribution in [2.75, 3.05) is 35.7 Å². The number of nitrogen functional groups attached to an aromatic ring is 1. The quantitative estimate of drug-likeness (QED) is 0.543. The van der Waals surface area contributed by atoms with E-state index in [2.05, 4.69) is 60.3 Å². The van der Waals surface area contributed by atoms with Gasteiger partial charge in [-0.1, -0.05) is 36.4 Å². The van der Waals surface area contributed by atoms with Gasteiger partial charge in [-0.2, -0.15) is 15.1 Å². The number of hydrogen-bond acceptors (Lipinski definition) is 7. The summed E-state index contributed by atoms with van der Waals surface area (Å²) in [5.74, 6) is 1.95. The Hall–Kier alpha value is -3.81. The molecule has 8 nitrogen and oxygen atoms in total. The van der Waals surface area contributed by atoms with Gasteiger partial charge in [0.2, 0.25) is 5.95 Å². The molecule has 30 heavy (non-hydrogen) atoms. The van der Waals surface area contributed by atoms with E-state index < -0.39 is 0 Å². The van der Waals surface area contributed by atoms with E-state index in [-0.39, 0.29) is 5.95 Å². The first kappa shape index (κ1) is 18.2. The number of aromatic amines is 1. The van der Waals surface area contributed by atoms with E-state index in [1.165, 1.54) is 11.3 Å². The number of ether oxygens (including phenoxy) is 1. The van der Waals surface area contributed by atoms with E-state index in [0.29, 0.717) is 5.65 Å². The molecule has 4 aromatic rings. The molecule has 0 saturated heterocycles. The third-order valence-electron chi connectivity index (χ3n) is 5.49. The Kier molecular flexibility index (Phi) is 4.59. The zero-order chi connectivity index (χ0) is 20.5. The van der Waals surface area contributed by atoms with Crippen LogP contribution in [0.3, 0.4) is 0 Å². The lowest BCUT2D eigenvalue weighted by Crippen LogP contribution is -2.32. The molecule has 1 aliphatic heterocycles. The highest BCUT2D eigenvalue weighted by Crippen LogP contribution is 2.32. The monoisotopic (exact) mass is 401 g/mol. The number of benzene rings is 2. The highest BCUT2D eigenvalue weighted by atomic mass is 16.5. The van der Waals surface area contributed by atoms with Gasteiger partial charge in [0.05, 0.1) is 18.7 Å². The van der Waals surface area contributed by atoms with E-state index in [0.717, 1.165) is 48.7 Å². The molecule has 0 atom stereocenters. The fourth-order valence-corrected chi connectivity index (χ4v) is 4.06. The molecule has 1 aliphatic rings. The summed E-state index contributed by atoms with van der Waals surface area (Å²) in [4.78, 5) is 13.4. The van der Waals surface area contributed by atoms with Crippen LogP contribution < -0.4 is 20.3 Å². The van der Waals surface area contributed by atoms with Gasteiger partial charge in [-0.3, -0.25) is 5.10 Å². The SMILES string of the molecule is COc1ccccc1CN1CCN(c2nc(N)nc3[nH]ncc23)Cc2ccccc21. The smallest absolute Gasteiger partial charge is 0.224 e. The van der Waals surface area contributed by atoms with Gasteiger partial charge in [-0.25, -0.2) is 0 Å². The molecule has 0 radical (unpaired) electrons. The maximum absolute atomic E-state index is 5.96. The number of hydrogen-bond donors (Lipinski definition) is 2. The average Bonchev–Trinajstić information content (AvgIpc) is 3.16. The summed E-state index contributed by atoms with van der Waals surface area (Å²) < 4.78 is 5.57. The summed E-state index contributed by atoms with van der Waals surface area (Å²) in [5.41, 5.74) is 10.2. The van der Waals surface area contributed by atoms with Crippen LogP contribution in [0.1, 0.15) is 11.1 Å². The van der Waals surface area contributed by atoms with Crippen LogP contribution in [0.4, 0.5) is 17.5 Å². The Morgan fingerprint density at radius 1 is 1.07 bits per heavy atom. The van der Waals surface area contributed by atoms with Crippen molar-refractivity contribution in [1.82, 2.24) is 20.2 Å². The zero-order valence-electron chi connectivity index (χ0n) is 16.7. The van der Waals surface area contributed by atoms with Crippen molar-refractivity contribution in [2.45, 2.75) is 13.1 Å². The molecule has 0 aliphatic carbocycles. The molecule has 2 aromatic heterocycles. The van der Waals surface area contributed by atoms with Crippen molar-refractivity contribution in [3.63, 3.8) is 0 Å². The molecule has 0 fully saturated rings. The first-order valence-corrected chi connectivity index (χ1v) is 9.89. The summed E-state index contributed by atoms with van der Waals surface area (Å²) >= 11 is 0. The van der Waals surface area contributed by atoms with Crippen molar-refractivity contribution in [3.8, 4) is 5.75 Å². The van der Waals surface area contributed by atoms with Crippen LogP contribution >= 0.6 is 0 Å². The lowest BCUT2D eigenvalue weighted by molar-refractivity contribution is 0.409. The number of H-pyrrole nitrogens is 1. The van der Waals surface area contributed by atoms with E-state index >= 15 is 0 Å². The predicted molar refractivity (Wildman–Crippen MR) is 118 cm³/mol. The van der Waals surface area contributed by atoms with Gasteiger partial charge in [-0.05, 0) is 17.7 Å². The van der Waals surface area contributed by atoms with Crippen molar-refractivity contribution in [3.05, 3.63) is 65.9 Å². The van der Waals surface area contributed by atoms with Crippen LogP contribution in [-0.2, 0) is 13.1 Å². The van der Waals surface area contributed by atoms with E-state index in [9.17, 15) is 0 Å². The molecule has 8 heteroatoms. The van der Waals surface area contributed by atoms with E-state index in [1.54, 1.807) is 13.3 Å². The highest BCUT2D eigenvalue weighted by Gasteiger charge is 2.23. The maximum atomic E-state index is 5.96. The van der Waals surface area contributed by atoms with E-state index in [1.807, 2.05) is 18.2 Å². The van der Waals surface area contributed by atoms with Gasteiger partial charge in [0.25, 0.3) is 0 Å². The van der Waals surface area contributed by atoms with Crippen LogP contribution in [0.2, 0.25) is 0 Å². The Bertz CT molecular complexity index is 1190. The van der Waals surface area contributed by atoms with Gasteiger partial charge < -0.3 is 20.3 Å². The second-order valence-corrected chi connectivity index (χ2v) is 7.32. The number of nitrogens with one attached hydrogen (secondary N) is 1. The number of fused-ring (bicyclic) bond motifs is 2. The summed E-state index contributed by atoms with van der Waals surface area (Å²) in [7, 11) is 1.71. The van der Waals surface area contributed by atoms with Crippen LogP contribution in [0.5, 0.6) is 5.75 Å². The number of methoxy groups -OCH3 is 1. The average molecular weight is 401 g/mol. The number of anilines is 3. The highest BCUT2D eigenvalue weighted by molar-refractivity contribution is 5.87.